The van der Waals surface area contributed by atoms with Crippen LogP contribution in [0.4, 0.5) is 16.2 Å². The van der Waals surface area contributed by atoms with Crippen LogP contribution in [0.2, 0.25) is 0 Å². The van der Waals surface area contributed by atoms with E-state index >= 15 is 0 Å². The fourth-order valence-corrected chi connectivity index (χ4v) is 2.46. The first-order chi connectivity index (χ1) is 12.0. The molecule has 1 aliphatic rings. The van der Waals surface area contributed by atoms with Crippen molar-refractivity contribution in [3.8, 4) is 0 Å². The van der Waals surface area contributed by atoms with Gasteiger partial charge in [0.25, 0.3) is 5.91 Å². The van der Waals surface area contributed by atoms with Crippen molar-refractivity contribution in [1.82, 2.24) is 10.6 Å². The number of hydrogen-bond donors (Lipinski definition) is 3. The number of nitrogens with zero attached hydrogens (tertiary/aromatic N) is 1. The SMILES string of the molecule is CC(NC(=O)c1ccoc1)C(=O)Nc1cccc(N2CCNC2=O)c1. The maximum absolute atomic E-state index is 12.3. The number of benzene rings is 1. The summed E-state index contributed by atoms with van der Waals surface area (Å²) in [4.78, 5) is 37.5. The molecule has 0 bridgehead atoms. The average Bonchev–Trinajstić information content (AvgIpc) is 3.26. The highest BCUT2D eigenvalue weighted by Crippen LogP contribution is 2.21. The van der Waals surface area contributed by atoms with E-state index in [2.05, 4.69) is 16.0 Å². The molecule has 0 aliphatic carbocycles. The molecular weight excluding hydrogens is 324 g/mol. The molecule has 1 unspecified atom stereocenters. The minimum atomic E-state index is -0.735. The van der Waals surface area contributed by atoms with Crippen LogP contribution in [-0.2, 0) is 4.79 Å². The third-order valence-electron chi connectivity index (χ3n) is 3.81. The van der Waals surface area contributed by atoms with Gasteiger partial charge in [-0.05, 0) is 31.2 Å². The number of carbonyl (C=O) groups is 3. The fourth-order valence-electron chi connectivity index (χ4n) is 2.46. The molecule has 1 aliphatic heterocycles. The summed E-state index contributed by atoms with van der Waals surface area (Å²) in [6.45, 7) is 2.75. The van der Waals surface area contributed by atoms with Crippen LogP contribution in [0.25, 0.3) is 0 Å². The molecule has 8 nitrogen and oxygen atoms in total. The molecule has 130 valence electrons. The molecule has 0 radical (unpaired) electrons. The summed E-state index contributed by atoms with van der Waals surface area (Å²) < 4.78 is 4.85. The standard InChI is InChI=1S/C17H18N4O4/c1-11(19-16(23)12-5-8-25-10-12)15(22)20-13-3-2-4-14(9-13)21-7-6-18-17(21)24/h2-5,8-11H,6-7H2,1H3,(H,18,24)(H,19,23)(H,20,22). The number of furan rings is 1. The number of hydrogen-bond acceptors (Lipinski definition) is 4. The molecule has 0 spiro atoms. The van der Waals surface area contributed by atoms with E-state index in [1.807, 2.05) is 0 Å². The summed E-state index contributed by atoms with van der Waals surface area (Å²) in [6.07, 6.45) is 2.70. The Morgan fingerprint density at radius 3 is 2.84 bits per heavy atom. The largest absolute Gasteiger partial charge is 0.472 e. The third kappa shape index (κ3) is 3.79. The first-order valence-corrected chi connectivity index (χ1v) is 7.84. The molecule has 0 saturated carbocycles. The maximum atomic E-state index is 12.3. The van der Waals surface area contributed by atoms with Crippen molar-refractivity contribution >= 4 is 29.2 Å². The normalized spacial score (nSPS) is 14.8. The molecule has 2 aromatic rings. The van der Waals surface area contributed by atoms with Crippen LogP contribution in [0.15, 0.2) is 47.3 Å². The molecule has 25 heavy (non-hydrogen) atoms. The monoisotopic (exact) mass is 342 g/mol. The summed E-state index contributed by atoms with van der Waals surface area (Å²) >= 11 is 0. The fraction of sp³-hybridized carbons (Fsp3) is 0.235. The van der Waals surface area contributed by atoms with E-state index in [0.717, 1.165) is 0 Å². The molecule has 1 fully saturated rings. The second-order valence-corrected chi connectivity index (χ2v) is 5.63. The molecule has 8 heteroatoms. The van der Waals surface area contributed by atoms with E-state index in [1.165, 1.54) is 18.6 Å². The van der Waals surface area contributed by atoms with Crippen molar-refractivity contribution in [3.05, 3.63) is 48.4 Å². The van der Waals surface area contributed by atoms with Crippen molar-refractivity contribution in [2.24, 2.45) is 0 Å². The van der Waals surface area contributed by atoms with Gasteiger partial charge >= 0.3 is 6.03 Å². The Balaban J connectivity index is 1.62. The Kier molecular flexibility index (Phi) is 4.69. The zero-order valence-electron chi connectivity index (χ0n) is 13.6. The second-order valence-electron chi connectivity index (χ2n) is 5.63. The molecule has 1 atom stereocenters. The summed E-state index contributed by atoms with van der Waals surface area (Å²) in [5, 5.41) is 8.06. The van der Waals surface area contributed by atoms with E-state index < -0.39 is 6.04 Å². The lowest BCUT2D eigenvalue weighted by Gasteiger charge is -2.17. The first kappa shape index (κ1) is 16.6. The topological polar surface area (TPSA) is 104 Å². The van der Waals surface area contributed by atoms with Gasteiger partial charge in [0.1, 0.15) is 12.3 Å². The van der Waals surface area contributed by atoms with E-state index in [0.29, 0.717) is 30.0 Å². The lowest BCUT2D eigenvalue weighted by Crippen LogP contribution is -2.41. The average molecular weight is 342 g/mol. The molecule has 1 aromatic heterocycles. The van der Waals surface area contributed by atoms with Gasteiger partial charge in [0.05, 0.1) is 11.8 Å². The number of nitrogens with one attached hydrogen (secondary N) is 3. The summed E-state index contributed by atoms with van der Waals surface area (Å²) in [5.41, 5.74) is 1.59. The minimum absolute atomic E-state index is 0.163. The second kappa shape index (κ2) is 7.08. The molecule has 1 aromatic carbocycles. The maximum Gasteiger partial charge on any atom is 0.321 e. The lowest BCUT2D eigenvalue weighted by atomic mass is 10.2. The van der Waals surface area contributed by atoms with E-state index in [9.17, 15) is 14.4 Å². The van der Waals surface area contributed by atoms with Gasteiger partial charge in [0.15, 0.2) is 0 Å². The van der Waals surface area contributed by atoms with Gasteiger partial charge in [-0.15, -0.1) is 0 Å². The highest BCUT2D eigenvalue weighted by Gasteiger charge is 2.22. The summed E-state index contributed by atoms with van der Waals surface area (Å²) in [7, 11) is 0. The Morgan fingerprint density at radius 2 is 2.16 bits per heavy atom. The van der Waals surface area contributed by atoms with Crippen molar-refractivity contribution in [2.45, 2.75) is 13.0 Å². The number of anilines is 2. The first-order valence-electron chi connectivity index (χ1n) is 7.84. The number of urea groups is 1. The van der Waals surface area contributed by atoms with Gasteiger partial charge in [-0.1, -0.05) is 6.07 Å². The smallest absolute Gasteiger partial charge is 0.321 e. The van der Waals surface area contributed by atoms with Crippen LogP contribution in [0.1, 0.15) is 17.3 Å². The highest BCUT2D eigenvalue weighted by atomic mass is 16.3. The quantitative estimate of drug-likeness (QED) is 0.767. The van der Waals surface area contributed by atoms with Gasteiger partial charge in [-0.2, -0.15) is 0 Å². The van der Waals surface area contributed by atoms with Crippen LogP contribution in [0, 0.1) is 0 Å². The molecule has 3 N–H and O–H groups in total. The van der Waals surface area contributed by atoms with E-state index in [1.54, 1.807) is 36.1 Å². The Bertz CT molecular complexity index is 788. The summed E-state index contributed by atoms with van der Waals surface area (Å²) in [5.74, 6) is -0.751. The lowest BCUT2D eigenvalue weighted by molar-refractivity contribution is -0.117. The van der Waals surface area contributed by atoms with Gasteiger partial charge in [-0.25, -0.2) is 4.79 Å². The predicted octanol–water partition coefficient (Wildman–Crippen LogP) is 1.57. The van der Waals surface area contributed by atoms with Crippen molar-refractivity contribution in [2.75, 3.05) is 23.3 Å². The van der Waals surface area contributed by atoms with Gasteiger partial charge < -0.3 is 20.4 Å². The van der Waals surface area contributed by atoms with Crippen LogP contribution in [0.5, 0.6) is 0 Å². The van der Waals surface area contributed by atoms with Crippen LogP contribution >= 0.6 is 0 Å². The zero-order valence-corrected chi connectivity index (χ0v) is 13.6. The summed E-state index contributed by atoms with van der Waals surface area (Å²) in [6, 6.07) is 7.61. The van der Waals surface area contributed by atoms with Gasteiger partial charge in [0.2, 0.25) is 5.91 Å². The number of carbonyl (C=O) groups excluding carboxylic acids is 3. The molecular formula is C17H18N4O4. The van der Waals surface area contributed by atoms with Crippen molar-refractivity contribution in [1.29, 1.82) is 0 Å². The molecule has 1 saturated heterocycles. The van der Waals surface area contributed by atoms with Gasteiger partial charge in [-0.3, -0.25) is 14.5 Å². The minimum Gasteiger partial charge on any atom is -0.472 e. The number of amides is 4. The van der Waals surface area contributed by atoms with Crippen LogP contribution < -0.4 is 20.9 Å². The van der Waals surface area contributed by atoms with Crippen molar-refractivity contribution in [3.63, 3.8) is 0 Å². The Labute approximate surface area is 144 Å². The zero-order chi connectivity index (χ0) is 17.8. The highest BCUT2D eigenvalue weighted by molar-refractivity contribution is 6.01. The van der Waals surface area contributed by atoms with Crippen LogP contribution in [0.3, 0.4) is 0 Å². The predicted molar refractivity (Wildman–Crippen MR) is 91.5 cm³/mol. The third-order valence-corrected chi connectivity index (χ3v) is 3.81. The van der Waals surface area contributed by atoms with Crippen molar-refractivity contribution < 1.29 is 18.8 Å². The molecule has 4 amide bonds. The molecule has 2 heterocycles. The van der Waals surface area contributed by atoms with Crippen LogP contribution in [-0.4, -0.2) is 37.0 Å². The number of rotatable bonds is 5. The van der Waals surface area contributed by atoms with E-state index in [-0.39, 0.29) is 17.8 Å². The molecule has 3 rings (SSSR count). The Hall–Kier alpha value is -3.29. The Morgan fingerprint density at radius 1 is 1.32 bits per heavy atom. The van der Waals surface area contributed by atoms with Gasteiger partial charge in [0, 0.05) is 24.5 Å². The van der Waals surface area contributed by atoms with E-state index in [4.69, 9.17) is 4.42 Å².